The monoisotopic (exact) mass is 489 g/mol. The van der Waals surface area contributed by atoms with Crippen LogP contribution in [0.15, 0.2) is 48.5 Å². The van der Waals surface area contributed by atoms with Crippen molar-refractivity contribution in [2.24, 2.45) is 0 Å². The van der Waals surface area contributed by atoms with Gasteiger partial charge in [0, 0.05) is 15.3 Å². The van der Waals surface area contributed by atoms with E-state index in [1.54, 1.807) is 0 Å². The van der Waals surface area contributed by atoms with Crippen LogP contribution in [0.2, 0.25) is 0 Å². The highest BCUT2D eigenvalue weighted by Crippen LogP contribution is 2.33. The van der Waals surface area contributed by atoms with Crippen LogP contribution in [-0.2, 0) is 0 Å². The Morgan fingerprint density at radius 3 is 1.60 bits per heavy atom. The summed E-state index contributed by atoms with van der Waals surface area (Å²) < 4.78 is 11.9. The van der Waals surface area contributed by atoms with E-state index in [-0.39, 0.29) is 0 Å². The van der Waals surface area contributed by atoms with Crippen LogP contribution in [-0.4, -0.2) is 13.2 Å². The summed E-state index contributed by atoms with van der Waals surface area (Å²) in [6.07, 6.45) is 11.3. The van der Waals surface area contributed by atoms with Crippen LogP contribution in [0.25, 0.3) is 11.1 Å². The molecule has 0 bridgehead atoms. The molecule has 4 heteroatoms. The summed E-state index contributed by atoms with van der Waals surface area (Å²) >= 11 is 1.84. The molecule has 2 aromatic carbocycles. The Balaban J connectivity index is 1.16. The Hall–Kier alpha value is -2.77. The molecule has 186 valence electrons. The normalized spacial score (nSPS) is 10.8. The minimum Gasteiger partial charge on any atom is -0.494 e. The van der Waals surface area contributed by atoms with E-state index in [1.807, 2.05) is 47.7 Å². The van der Waals surface area contributed by atoms with Crippen molar-refractivity contribution in [1.82, 2.24) is 0 Å². The average Bonchev–Trinajstić information content (AvgIpc) is 3.13. The molecule has 1 aromatic heterocycles. The molecule has 3 nitrogen and oxygen atoms in total. The fraction of sp³-hybridized carbons (Fsp3) is 0.452. The first-order valence-electron chi connectivity index (χ1n) is 13.0. The van der Waals surface area contributed by atoms with Crippen molar-refractivity contribution in [2.45, 2.75) is 78.6 Å². The van der Waals surface area contributed by atoms with Crippen molar-refractivity contribution in [3.05, 3.63) is 69.4 Å². The zero-order valence-corrected chi connectivity index (χ0v) is 22.4. The molecular formula is C31H39NO2S. The fourth-order valence-electron chi connectivity index (χ4n) is 4.27. The Kier molecular flexibility index (Phi) is 11.2. The van der Waals surface area contributed by atoms with E-state index in [9.17, 15) is 0 Å². The number of aryl methyl sites for hydroxylation is 2. The topological polar surface area (TPSA) is 42.2 Å². The number of hydrogen-bond donors (Lipinski definition) is 0. The van der Waals surface area contributed by atoms with Crippen molar-refractivity contribution in [1.29, 1.82) is 5.26 Å². The molecular weight excluding hydrogens is 450 g/mol. The third-order valence-electron chi connectivity index (χ3n) is 6.50. The van der Waals surface area contributed by atoms with Crippen LogP contribution in [0.1, 0.15) is 78.7 Å². The molecule has 0 aliphatic carbocycles. The third kappa shape index (κ3) is 8.75. The zero-order chi connectivity index (χ0) is 24.9. The minimum atomic E-state index is 0.685. The number of rotatable bonds is 15. The van der Waals surface area contributed by atoms with Crippen molar-refractivity contribution in [3.8, 4) is 28.7 Å². The second-order valence-electron chi connectivity index (χ2n) is 9.26. The molecule has 0 atom stereocenters. The number of hydrogen-bond acceptors (Lipinski definition) is 4. The van der Waals surface area contributed by atoms with E-state index in [2.05, 4.69) is 39.0 Å². The summed E-state index contributed by atoms with van der Waals surface area (Å²) in [6.45, 7) is 8.11. The number of benzene rings is 2. The van der Waals surface area contributed by atoms with Gasteiger partial charge >= 0.3 is 0 Å². The predicted molar refractivity (Wildman–Crippen MR) is 148 cm³/mol. The van der Waals surface area contributed by atoms with Gasteiger partial charge in [-0.3, -0.25) is 0 Å². The van der Waals surface area contributed by atoms with Gasteiger partial charge in [-0.25, -0.2) is 0 Å². The molecule has 0 N–H and O–H groups in total. The van der Waals surface area contributed by atoms with E-state index < -0.39 is 0 Å². The first-order chi connectivity index (χ1) is 17.1. The first-order valence-corrected chi connectivity index (χ1v) is 13.8. The van der Waals surface area contributed by atoms with Crippen molar-refractivity contribution in [3.63, 3.8) is 0 Å². The van der Waals surface area contributed by atoms with Crippen molar-refractivity contribution < 1.29 is 9.47 Å². The smallest absolute Gasteiger partial charge is 0.136 e. The fourth-order valence-corrected chi connectivity index (χ4v) is 5.28. The number of thiophene rings is 1. The summed E-state index contributed by atoms with van der Waals surface area (Å²) in [4.78, 5) is 2.68. The predicted octanol–water partition coefficient (Wildman–Crippen LogP) is 9.18. The summed E-state index contributed by atoms with van der Waals surface area (Å²) in [5.74, 6) is 2.04. The lowest BCUT2D eigenvalue weighted by Gasteiger charge is -2.08. The Morgan fingerprint density at radius 2 is 1.11 bits per heavy atom. The molecule has 0 unspecified atom stereocenters. The maximum Gasteiger partial charge on any atom is 0.136 e. The molecule has 0 aliphatic rings. The van der Waals surface area contributed by atoms with Crippen LogP contribution in [0.5, 0.6) is 11.5 Å². The van der Waals surface area contributed by atoms with Gasteiger partial charge in [0.15, 0.2) is 0 Å². The molecule has 0 amide bonds. The first kappa shape index (κ1) is 26.8. The van der Waals surface area contributed by atoms with Gasteiger partial charge in [-0.2, -0.15) is 5.26 Å². The van der Waals surface area contributed by atoms with E-state index in [0.717, 1.165) is 48.7 Å². The molecule has 0 saturated carbocycles. The molecule has 0 aliphatic heterocycles. The maximum absolute atomic E-state index is 8.92. The Morgan fingerprint density at radius 1 is 0.629 bits per heavy atom. The molecule has 0 radical (unpaired) electrons. The highest BCUT2D eigenvalue weighted by molar-refractivity contribution is 7.12. The molecule has 0 saturated heterocycles. The van der Waals surface area contributed by atoms with E-state index >= 15 is 0 Å². The average molecular weight is 490 g/mol. The molecule has 3 aromatic rings. The summed E-state index contributed by atoms with van der Waals surface area (Å²) in [5.41, 5.74) is 4.25. The van der Waals surface area contributed by atoms with Crippen molar-refractivity contribution >= 4 is 11.3 Å². The highest BCUT2D eigenvalue weighted by atomic mass is 32.1. The summed E-state index contributed by atoms with van der Waals surface area (Å²) in [6, 6.07) is 18.0. The lowest BCUT2D eigenvalue weighted by Crippen LogP contribution is -1.98. The van der Waals surface area contributed by atoms with Crippen LogP contribution in [0.3, 0.4) is 0 Å². The summed E-state index contributed by atoms with van der Waals surface area (Å²) in [7, 11) is 0. The van der Waals surface area contributed by atoms with Gasteiger partial charge in [-0.1, -0.05) is 69.2 Å². The van der Waals surface area contributed by atoms with Crippen LogP contribution in [0, 0.1) is 32.1 Å². The molecule has 0 spiro atoms. The maximum atomic E-state index is 8.92. The second kappa shape index (κ2) is 14.6. The highest BCUT2D eigenvalue weighted by Gasteiger charge is 2.09. The molecule has 3 rings (SSSR count). The lowest BCUT2D eigenvalue weighted by atomic mass is 10.0. The molecule has 0 fully saturated rings. The van der Waals surface area contributed by atoms with Gasteiger partial charge in [-0.05, 0) is 69.0 Å². The standard InChI is InChI=1S/C31H39NO2S/c1-24-25(2)35-26(3)31(24)34-22-12-10-8-6-4-5-7-9-11-21-33-30-19-17-29(18-20-30)28-15-13-27(23-32)14-16-28/h13-20H,4-12,21-22H2,1-3H3. The van der Waals surface area contributed by atoms with E-state index in [4.69, 9.17) is 14.7 Å². The quantitative estimate of drug-likeness (QED) is 0.200. The number of nitrogens with zero attached hydrogens (tertiary/aromatic N) is 1. The van der Waals surface area contributed by atoms with Crippen LogP contribution >= 0.6 is 11.3 Å². The zero-order valence-electron chi connectivity index (χ0n) is 21.6. The number of nitriles is 1. The van der Waals surface area contributed by atoms with Gasteiger partial charge < -0.3 is 9.47 Å². The van der Waals surface area contributed by atoms with Gasteiger partial charge in [0.2, 0.25) is 0 Å². The van der Waals surface area contributed by atoms with Crippen molar-refractivity contribution in [2.75, 3.05) is 13.2 Å². The minimum absolute atomic E-state index is 0.685. The van der Waals surface area contributed by atoms with Gasteiger partial charge in [0.1, 0.15) is 11.5 Å². The largest absolute Gasteiger partial charge is 0.494 e. The van der Waals surface area contributed by atoms with E-state index in [0.29, 0.717) is 5.56 Å². The van der Waals surface area contributed by atoms with Gasteiger partial charge in [0.25, 0.3) is 0 Å². The Bertz CT molecular complexity index is 1060. The molecule has 35 heavy (non-hydrogen) atoms. The summed E-state index contributed by atoms with van der Waals surface area (Å²) in [5, 5.41) is 8.92. The van der Waals surface area contributed by atoms with Gasteiger partial charge in [0.05, 0.1) is 24.8 Å². The van der Waals surface area contributed by atoms with Crippen LogP contribution in [0.4, 0.5) is 0 Å². The van der Waals surface area contributed by atoms with E-state index in [1.165, 1.54) is 60.3 Å². The lowest BCUT2D eigenvalue weighted by molar-refractivity contribution is 0.301. The van der Waals surface area contributed by atoms with Crippen LogP contribution < -0.4 is 9.47 Å². The molecule has 1 heterocycles. The number of unbranched alkanes of at least 4 members (excludes halogenated alkanes) is 8. The van der Waals surface area contributed by atoms with Gasteiger partial charge in [-0.15, -0.1) is 11.3 Å². The number of ether oxygens (including phenoxy) is 2. The SMILES string of the molecule is Cc1sc(C)c(OCCCCCCCCCCCOc2ccc(-c3ccc(C#N)cc3)cc2)c1C. The second-order valence-corrected chi connectivity index (χ2v) is 10.7. The third-order valence-corrected chi connectivity index (χ3v) is 7.60. The Labute approximate surface area is 215 Å².